The van der Waals surface area contributed by atoms with E-state index in [4.69, 9.17) is 9.47 Å². The highest BCUT2D eigenvalue weighted by Gasteiger charge is 2.50. The van der Waals surface area contributed by atoms with E-state index in [0.29, 0.717) is 42.3 Å². The Kier molecular flexibility index (Phi) is 8.78. The Hall–Kier alpha value is -4.78. The molecule has 0 spiro atoms. The van der Waals surface area contributed by atoms with E-state index in [1.165, 1.54) is 29.5 Å². The van der Waals surface area contributed by atoms with Crippen molar-refractivity contribution in [2.45, 2.75) is 71.2 Å². The van der Waals surface area contributed by atoms with Gasteiger partial charge in [-0.3, -0.25) is 9.69 Å². The van der Waals surface area contributed by atoms with Crippen LogP contribution in [0.5, 0.6) is 11.5 Å². The van der Waals surface area contributed by atoms with Gasteiger partial charge in [0.25, 0.3) is 5.91 Å². The number of carbonyl (C=O) groups is 2. The highest BCUT2D eigenvalue weighted by atomic mass is 16.5. The molecule has 4 aromatic rings. The summed E-state index contributed by atoms with van der Waals surface area (Å²) < 4.78 is 13.0. The van der Waals surface area contributed by atoms with Crippen molar-refractivity contribution < 1.29 is 19.1 Å². The first-order valence-corrected chi connectivity index (χ1v) is 15.9. The number of para-hydroxylation sites is 1. The summed E-state index contributed by atoms with van der Waals surface area (Å²) in [5, 5.41) is 6.17. The zero-order valence-electron chi connectivity index (χ0n) is 26.3. The first-order chi connectivity index (χ1) is 21.8. The van der Waals surface area contributed by atoms with E-state index in [2.05, 4.69) is 73.0 Å². The van der Waals surface area contributed by atoms with Gasteiger partial charge in [0.2, 0.25) is 0 Å². The molecule has 45 heavy (non-hydrogen) atoms. The predicted octanol–water partition coefficient (Wildman–Crippen LogP) is 7.66. The minimum absolute atomic E-state index is 0.187. The molecule has 2 aliphatic rings. The molecule has 2 heterocycles. The topological polar surface area (TPSA) is 79.9 Å². The minimum atomic E-state index is -0.985. The lowest BCUT2D eigenvalue weighted by Crippen LogP contribution is -2.65. The fraction of sp³-hybridized carbons (Fsp3) is 0.316. The number of fused-ring (bicyclic) bond motifs is 4. The zero-order chi connectivity index (χ0) is 31.4. The lowest BCUT2D eigenvalue weighted by molar-refractivity contribution is 0.0338. The van der Waals surface area contributed by atoms with Crippen LogP contribution in [0, 0.1) is 6.92 Å². The van der Waals surface area contributed by atoms with E-state index in [9.17, 15) is 9.59 Å². The Morgan fingerprint density at radius 2 is 1.69 bits per heavy atom. The maximum Gasteiger partial charge on any atom is 0.325 e. The number of aryl methyl sites for hydroxylation is 2. The second-order valence-corrected chi connectivity index (χ2v) is 12.2. The van der Waals surface area contributed by atoms with Crippen LogP contribution in [0.3, 0.4) is 0 Å². The summed E-state index contributed by atoms with van der Waals surface area (Å²) in [6, 6.07) is 29.3. The number of carbonyl (C=O) groups excluding carboxylic acids is 2. The molecular formula is C38H41N3O4. The van der Waals surface area contributed by atoms with Gasteiger partial charge < -0.3 is 20.1 Å². The average Bonchev–Trinajstić information content (AvgIpc) is 3.04. The molecule has 3 amide bonds. The van der Waals surface area contributed by atoms with Crippen LogP contribution in [-0.2, 0) is 19.4 Å². The molecule has 7 heteroatoms. The largest absolute Gasteiger partial charge is 0.485 e. The summed E-state index contributed by atoms with van der Waals surface area (Å²) in [6.45, 7) is 7.10. The molecule has 1 fully saturated rings. The van der Waals surface area contributed by atoms with E-state index >= 15 is 0 Å². The van der Waals surface area contributed by atoms with Crippen LogP contribution >= 0.6 is 0 Å². The van der Waals surface area contributed by atoms with Crippen LogP contribution in [-0.4, -0.2) is 24.2 Å². The quantitative estimate of drug-likeness (QED) is 0.185. The van der Waals surface area contributed by atoms with Gasteiger partial charge in [-0.05, 0) is 74.1 Å². The monoisotopic (exact) mass is 603 g/mol. The first kappa shape index (κ1) is 30.3. The molecule has 2 atom stereocenters. The molecule has 7 nitrogen and oxygen atoms in total. The maximum absolute atomic E-state index is 13.5. The number of nitrogens with one attached hydrogen (secondary N) is 2. The molecule has 1 saturated heterocycles. The molecular weight excluding hydrogens is 562 g/mol. The summed E-state index contributed by atoms with van der Waals surface area (Å²) in [5.74, 6) is 1.08. The van der Waals surface area contributed by atoms with Crippen LogP contribution in [0.2, 0.25) is 0 Å². The summed E-state index contributed by atoms with van der Waals surface area (Å²) in [7, 11) is 0. The molecule has 6 rings (SSSR count). The van der Waals surface area contributed by atoms with Crippen molar-refractivity contribution in [3.05, 3.63) is 124 Å². The number of amides is 3. The van der Waals surface area contributed by atoms with Gasteiger partial charge in [0.15, 0.2) is 17.2 Å². The second kappa shape index (κ2) is 13.1. The van der Waals surface area contributed by atoms with Gasteiger partial charge in [0, 0.05) is 24.1 Å². The smallest absolute Gasteiger partial charge is 0.325 e. The van der Waals surface area contributed by atoms with Crippen LogP contribution < -0.4 is 25.0 Å². The number of ether oxygens (including phenoxy) is 2. The van der Waals surface area contributed by atoms with Gasteiger partial charge in [0.1, 0.15) is 6.61 Å². The molecule has 2 bridgehead atoms. The van der Waals surface area contributed by atoms with Gasteiger partial charge in [-0.15, -0.1) is 0 Å². The zero-order valence-corrected chi connectivity index (χ0v) is 26.3. The van der Waals surface area contributed by atoms with E-state index in [0.717, 1.165) is 24.0 Å². The summed E-state index contributed by atoms with van der Waals surface area (Å²) in [6.07, 6.45) is 4.73. The minimum Gasteiger partial charge on any atom is -0.485 e. The van der Waals surface area contributed by atoms with E-state index < -0.39 is 5.72 Å². The molecule has 2 unspecified atom stereocenters. The number of benzene rings is 4. The van der Waals surface area contributed by atoms with Gasteiger partial charge in [-0.1, -0.05) is 85.6 Å². The Labute approximate surface area is 265 Å². The summed E-state index contributed by atoms with van der Waals surface area (Å²) in [4.78, 5) is 28.2. The van der Waals surface area contributed by atoms with Crippen molar-refractivity contribution in [2.75, 3.05) is 11.4 Å². The third-order valence-corrected chi connectivity index (χ3v) is 8.69. The van der Waals surface area contributed by atoms with Crippen molar-refractivity contribution in [2.24, 2.45) is 0 Å². The van der Waals surface area contributed by atoms with E-state index in [1.54, 1.807) is 23.1 Å². The highest BCUT2D eigenvalue weighted by molar-refractivity contribution is 5.99. The normalized spacial score (nSPS) is 18.4. The Balaban J connectivity index is 1.17. The van der Waals surface area contributed by atoms with Gasteiger partial charge in [-0.25, -0.2) is 4.79 Å². The molecule has 4 aromatic carbocycles. The summed E-state index contributed by atoms with van der Waals surface area (Å²) >= 11 is 0. The van der Waals surface area contributed by atoms with Gasteiger partial charge in [0.05, 0.1) is 11.7 Å². The first-order valence-electron chi connectivity index (χ1n) is 15.9. The molecule has 2 N–H and O–H groups in total. The van der Waals surface area contributed by atoms with Gasteiger partial charge in [-0.2, -0.15) is 0 Å². The SMILES string of the molecule is CCCCc1ccc(COc2cccc3c2OC2(C)CC3NC(=O)N2c2cccc(C(=O)NCCc3ccc(C)cc3)c2)cc1. The molecule has 0 aromatic heterocycles. The lowest BCUT2D eigenvalue weighted by Gasteiger charge is -2.50. The van der Waals surface area contributed by atoms with Crippen molar-refractivity contribution in [3.63, 3.8) is 0 Å². The van der Waals surface area contributed by atoms with Crippen LogP contribution in [0.1, 0.15) is 77.3 Å². The number of hydrogen-bond acceptors (Lipinski definition) is 4. The maximum atomic E-state index is 13.5. The van der Waals surface area contributed by atoms with Crippen LogP contribution in [0.4, 0.5) is 10.5 Å². The third kappa shape index (κ3) is 6.68. The molecule has 2 aliphatic heterocycles. The summed E-state index contributed by atoms with van der Waals surface area (Å²) in [5.41, 5.74) is 5.77. The number of hydrogen-bond donors (Lipinski definition) is 2. The van der Waals surface area contributed by atoms with Crippen molar-refractivity contribution >= 4 is 17.6 Å². The fourth-order valence-electron chi connectivity index (χ4n) is 6.17. The number of urea groups is 1. The predicted molar refractivity (Wildman–Crippen MR) is 177 cm³/mol. The third-order valence-electron chi connectivity index (χ3n) is 8.69. The van der Waals surface area contributed by atoms with E-state index in [1.807, 2.05) is 31.2 Å². The molecule has 0 aliphatic carbocycles. The Bertz CT molecular complexity index is 1670. The van der Waals surface area contributed by atoms with Crippen LogP contribution in [0.25, 0.3) is 0 Å². The number of anilines is 1. The van der Waals surface area contributed by atoms with Crippen molar-refractivity contribution in [3.8, 4) is 11.5 Å². The van der Waals surface area contributed by atoms with E-state index in [-0.39, 0.29) is 18.0 Å². The number of nitrogens with zero attached hydrogens (tertiary/aromatic N) is 1. The van der Waals surface area contributed by atoms with Crippen LogP contribution in [0.15, 0.2) is 91.0 Å². The number of rotatable bonds is 11. The lowest BCUT2D eigenvalue weighted by atomic mass is 9.89. The van der Waals surface area contributed by atoms with Gasteiger partial charge >= 0.3 is 6.03 Å². The Morgan fingerprint density at radius 1 is 0.978 bits per heavy atom. The number of unbranched alkanes of at least 4 members (excludes halogenated alkanes) is 1. The Morgan fingerprint density at radius 3 is 2.47 bits per heavy atom. The highest BCUT2D eigenvalue weighted by Crippen LogP contribution is 2.49. The molecule has 0 saturated carbocycles. The van der Waals surface area contributed by atoms with Crippen molar-refractivity contribution in [1.29, 1.82) is 0 Å². The van der Waals surface area contributed by atoms with Crippen molar-refractivity contribution in [1.82, 2.24) is 10.6 Å². The average molecular weight is 604 g/mol. The molecule has 232 valence electrons. The fourth-order valence-corrected chi connectivity index (χ4v) is 6.17. The standard InChI is InChI=1S/C38H41N3O4/c1-4-5-8-27-17-19-29(20-18-27)25-44-34-12-7-11-32-33-24-38(3,45-35(32)34)41(37(43)40-33)31-10-6-9-30(23-31)36(42)39-22-21-28-15-13-26(2)14-16-28/h6-7,9-20,23,33H,4-5,8,21-22,24-25H2,1-3H3,(H,39,42)(H,40,43). The second-order valence-electron chi connectivity index (χ2n) is 12.2. The molecule has 0 radical (unpaired) electrons.